The number of rotatable bonds is 10. The fraction of sp³-hybridized carbons (Fsp3) is 0.824. The third kappa shape index (κ3) is 4.72. The molecule has 0 aliphatic heterocycles. The van der Waals surface area contributed by atoms with Gasteiger partial charge < -0.3 is 5.32 Å². The van der Waals surface area contributed by atoms with Gasteiger partial charge in [0.2, 0.25) is 0 Å². The third-order valence-electron chi connectivity index (χ3n) is 4.50. The van der Waals surface area contributed by atoms with Crippen LogP contribution in [0.4, 0.5) is 0 Å². The molecular weight excluding hydrogens is 282 g/mol. The normalized spacial score (nSPS) is 14.4. The number of hydrogen-bond acceptors (Lipinski definition) is 2. The molecule has 1 rings (SSSR count). The van der Waals surface area contributed by atoms with Crippen LogP contribution in [0.3, 0.4) is 0 Å². The van der Waals surface area contributed by atoms with Gasteiger partial charge in [-0.25, -0.2) is 0 Å². The van der Waals surface area contributed by atoms with Crippen molar-refractivity contribution < 1.29 is 0 Å². The molecule has 0 spiro atoms. The second-order valence-corrected chi connectivity index (χ2v) is 6.16. The van der Waals surface area contributed by atoms with Crippen molar-refractivity contribution >= 4 is 11.6 Å². The Morgan fingerprint density at radius 3 is 2.43 bits per heavy atom. The summed E-state index contributed by atoms with van der Waals surface area (Å²) in [6, 6.07) is 0.478. The van der Waals surface area contributed by atoms with Gasteiger partial charge in [0.25, 0.3) is 0 Å². The Morgan fingerprint density at radius 2 is 1.95 bits per heavy atom. The number of aromatic nitrogens is 2. The molecule has 2 atom stereocenters. The van der Waals surface area contributed by atoms with Crippen molar-refractivity contribution in [2.45, 2.75) is 78.8 Å². The van der Waals surface area contributed by atoms with Crippen LogP contribution in [0.1, 0.15) is 64.8 Å². The SMILES string of the molecule is CCCCC(CC)C(Cc1c(Cl)c(CC)nn1CC)NC. The molecule has 0 amide bonds. The van der Waals surface area contributed by atoms with Crippen molar-refractivity contribution in [3.05, 3.63) is 16.4 Å². The van der Waals surface area contributed by atoms with E-state index in [1.165, 1.54) is 31.4 Å². The number of likely N-dealkylation sites (N-methyl/N-ethyl adjacent to an activating group) is 1. The summed E-state index contributed by atoms with van der Waals surface area (Å²) in [6.45, 7) is 9.69. The molecule has 21 heavy (non-hydrogen) atoms. The lowest BCUT2D eigenvalue weighted by molar-refractivity contribution is 0.325. The minimum atomic E-state index is 0.478. The minimum absolute atomic E-state index is 0.478. The van der Waals surface area contributed by atoms with Gasteiger partial charge in [-0.3, -0.25) is 4.68 Å². The van der Waals surface area contributed by atoms with Crippen LogP contribution in [0.5, 0.6) is 0 Å². The van der Waals surface area contributed by atoms with Gasteiger partial charge in [0.15, 0.2) is 0 Å². The number of halogens is 1. The van der Waals surface area contributed by atoms with Crippen molar-refractivity contribution in [1.82, 2.24) is 15.1 Å². The van der Waals surface area contributed by atoms with Gasteiger partial charge in [0.05, 0.1) is 16.4 Å². The summed E-state index contributed by atoms with van der Waals surface area (Å²) < 4.78 is 2.08. The zero-order chi connectivity index (χ0) is 15.8. The molecule has 0 aromatic carbocycles. The smallest absolute Gasteiger partial charge is 0.0850 e. The van der Waals surface area contributed by atoms with Crippen LogP contribution in [-0.2, 0) is 19.4 Å². The molecule has 0 saturated heterocycles. The van der Waals surface area contributed by atoms with Crippen molar-refractivity contribution in [3.8, 4) is 0 Å². The molecule has 1 N–H and O–H groups in total. The lowest BCUT2D eigenvalue weighted by Crippen LogP contribution is -2.36. The monoisotopic (exact) mass is 313 g/mol. The number of unbranched alkanes of at least 4 members (excludes halogenated alkanes) is 1. The summed E-state index contributed by atoms with van der Waals surface area (Å²) in [5.41, 5.74) is 2.23. The topological polar surface area (TPSA) is 29.9 Å². The van der Waals surface area contributed by atoms with Gasteiger partial charge >= 0.3 is 0 Å². The van der Waals surface area contributed by atoms with Gasteiger partial charge in [-0.1, -0.05) is 51.6 Å². The van der Waals surface area contributed by atoms with Gasteiger partial charge in [-0.15, -0.1) is 0 Å². The van der Waals surface area contributed by atoms with Gasteiger partial charge in [0, 0.05) is 19.0 Å². The predicted octanol–water partition coefficient (Wildman–Crippen LogP) is 4.47. The Kier molecular flexibility index (Phi) is 8.35. The highest BCUT2D eigenvalue weighted by atomic mass is 35.5. The first-order chi connectivity index (χ1) is 10.1. The number of nitrogens with one attached hydrogen (secondary N) is 1. The maximum Gasteiger partial charge on any atom is 0.0850 e. The summed E-state index contributed by atoms with van der Waals surface area (Å²) in [4.78, 5) is 0. The molecule has 1 aromatic heterocycles. The molecular formula is C17H32ClN3. The molecule has 4 heteroatoms. The van der Waals surface area contributed by atoms with Crippen LogP contribution in [0.2, 0.25) is 5.02 Å². The molecule has 0 saturated carbocycles. The molecule has 0 radical (unpaired) electrons. The summed E-state index contributed by atoms with van der Waals surface area (Å²) in [7, 11) is 2.07. The van der Waals surface area contributed by atoms with Gasteiger partial charge in [-0.05, 0) is 32.7 Å². The molecule has 3 nitrogen and oxygen atoms in total. The van der Waals surface area contributed by atoms with Gasteiger partial charge in [0.1, 0.15) is 0 Å². The Hall–Kier alpha value is -0.540. The standard InChI is InChI=1S/C17H32ClN3/c1-6-10-11-13(7-2)15(19-5)12-16-17(18)14(8-3)20-21(16)9-4/h13,15,19H,6-12H2,1-5H3. The number of aryl methyl sites for hydroxylation is 2. The first-order valence-corrected chi connectivity index (χ1v) is 8.91. The number of nitrogens with zero attached hydrogens (tertiary/aromatic N) is 2. The van der Waals surface area contributed by atoms with E-state index in [-0.39, 0.29) is 0 Å². The highest BCUT2D eigenvalue weighted by molar-refractivity contribution is 6.31. The quantitative estimate of drug-likeness (QED) is 0.691. The van der Waals surface area contributed by atoms with E-state index >= 15 is 0 Å². The predicted molar refractivity (Wildman–Crippen MR) is 92.1 cm³/mol. The highest BCUT2D eigenvalue weighted by Gasteiger charge is 2.23. The van der Waals surface area contributed by atoms with Crippen molar-refractivity contribution in [3.63, 3.8) is 0 Å². The first kappa shape index (κ1) is 18.5. The van der Waals surface area contributed by atoms with E-state index in [0.29, 0.717) is 12.0 Å². The Morgan fingerprint density at radius 1 is 1.24 bits per heavy atom. The average Bonchev–Trinajstić information content (AvgIpc) is 2.82. The molecule has 1 aromatic rings. The molecule has 1 heterocycles. The van der Waals surface area contributed by atoms with Crippen LogP contribution < -0.4 is 5.32 Å². The molecule has 122 valence electrons. The van der Waals surface area contributed by atoms with E-state index in [1.54, 1.807) is 0 Å². The van der Waals surface area contributed by atoms with Crippen LogP contribution >= 0.6 is 11.6 Å². The molecule has 0 aliphatic carbocycles. The fourth-order valence-electron chi connectivity index (χ4n) is 3.08. The van der Waals surface area contributed by atoms with E-state index in [2.05, 4.69) is 49.8 Å². The Labute approximate surface area is 135 Å². The lowest BCUT2D eigenvalue weighted by atomic mass is 9.88. The van der Waals surface area contributed by atoms with Crippen LogP contribution in [-0.4, -0.2) is 22.9 Å². The van der Waals surface area contributed by atoms with Crippen LogP contribution in [0, 0.1) is 5.92 Å². The van der Waals surface area contributed by atoms with E-state index in [0.717, 1.165) is 30.1 Å². The van der Waals surface area contributed by atoms with E-state index in [4.69, 9.17) is 11.6 Å². The fourth-order valence-corrected chi connectivity index (χ4v) is 3.43. The lowest BCUT2D eigenvalue weighted by Gasteiger charge is -2.26. The van der Waals surface area contributed by atoms with Crippen LogP contribution in [0.15, 0.2) is 0 Å². The zero-order valence-electron chi connectivity index (χ0n) is 14.4. The minimum Gasteiger partial charge on any atom is -0.316 e. The second kappa shape index (κ2) is 9.47. The maximum absolute atomic E-state index is 6.55. The van der Waals surface area contributed by atoms with Crippen molar-refractivity contribution in [2.24, 2.45) is 5.92 Å². The Bertz CT molecular complexity index is 414. The van der Waals surface area contributed by atoms with Gasteiger partial charge in [-0.2, -0.15) is 5.10 Å². The molecule has 0 aliphatic rings. The summed E-state index contributed by atoms with van der Waals surface area (Å²) in [5, 5.41) is 9.03. The van der Waals surface area contributed by atoms with E-state index in [9.17, 15) is 0 Å². The second-order valence-electron chi connectivity index (χ2n) is 5.79. The molecule has 2 unspecified atom stereocenters. The highest BCUT2D eigenvalue weighted by Crippen LogP contribution is 2.26. The van der Waals surface area contributed by atoms with Crippen molar-refractivity contribution in [1.29, 1.82) is 0 Å². The van der Waals surface area contributed by atoms with E-state index < -0.39 is 0 Å². The first-order valence-electron chi connectivity index (χ1n) is 8.53. The average molecular weight is 314 g/mol. The largest absolute Gasteiger partial charge is 0.316 e. The summed E-state index contributed by atoms with van der Waals surface area (Å²) in [5.74, 6) is 0.705. The third-order valence-corrected chi connectivity index (χ3v) is 4.94. The Balaban J connectivity index is 2.92. The van der Waals surface area contributed by atoms with E-state index in [1.807, 2.05) is 0 Å². The molecule has 0 fully saturated rings. The summed E-state index contributed by atoms with van der Waals surface area (Å²) >= 11 is 6.55. The van der Waals surface area contributed by atoms with Crippen molar-refractivity contribution in [2.75, 3.05) is 7.05 Å². The van der Waals surface area contributed by atoms with Crippen LogP contribution in [0.25, 0.3) is 0 Å². The zero-order valence-corrected chi connectivity index (χ0v) is 15.1. The molecule has 0 bridgehead atoms. The maximum atomic E-state index is 6.55. The number of hydrogen-bond donors (Lipinski definition) is 1. The summed E-state index contributed by atoms with van der Waals surface area (Å²) in [6.07, 6.45) is 6.94.